The predicted octanol–water partition coefficient (Wildman–Crippen LogP) is 0.472. The van der Waals surface area contributed by atoms with Crippen LogP contribution >= 0.6 is 0 Å². The van der Waals surface area contributed by atoms with Crippen LogP contribution < -0.4 is 14.8 Å². The lowest BCUT2D eigenvalue weighted by Crippen LogP contribution is -2.39. The van der Waals surface area contributed by atoms with Crippen molar-refractivity contribution in [1.29, 1.82) is 0 Å². The molecule has 0 bridgehead atoms. The lowest BCUT2D eigenvalue weighted by molar-refractivity contribution is -0.118. The second kappa shape index (κ2) is 8.60. The van der Waals surface area contributed by atoms with Crippen LogP contribution in [0.2, 0.25) is 0 Å². The number of methoxy groups -OCH3 is 1. The van der Waals surface area contributed by atoms with Crippen LogP contribution in [0.15, 0.2) is 24.3 Å². The Balaban J connectivity index is 2.47. The third-order valence-electron chi connectivity index (χ3n) is 2.87. The lowest BCUT2D eigenvalue weighted by Gasteiger charge is -2.20. The molecule has 1 rings (SSSR count). The van der Waals surface area contributed by atoms with Crippen LogP contribution in [0, 0.1) is 0 Å². The number of nitrogens with zero attached hydrogens (tertiary/aromatic N) is 1. The number of benzene rings is 1. The van der Waals surface area contributed by atoms with Gasteiger partial charge in [-0.3, -0.25) is 4.79 Å². The SMILES string of the molecule is COc1ccc(OCCN(CCNC(C)=O)S(C)(=O)=O)cc1. The first kappa shape index (κ1) is 18.2. The molecule has 124 valence electrons. The number of nitrogens with one attached hydrogen (secondary N) is 1. The van der Waals surface area contributed by atoms with Crippen LogP contribution in [0.3, 0.4) is 0 Å². The minimum absolute atomic E-state index is 0.192. The Hall–Kier alpha value is -1.80. The van der Waals surface area contributed by atoms with Gasteiger partial charge in [-0.2, -0.15) is 4.31 Å². The zero-order chi connectivity index (χ0) is 16.6. The van der Waals surface area contributed by atoms with Gasteiger partial charge < -0.3 is 14.8 Å². The van der Waals surface area contributed by atoms with Crippen molar-refractivity contribution in [3.8, 4) is 11.5 Å². The normalized spacial score (nSPS) is 11.3. The molecule has 0 fully saturated rings. The monoisotopic (exact) mass is 330 g/mol. The number of hydrogen-bond donors (Lipinski definition) is 1. The average molecular weight is 330 g/mol. The summed E-state index contributed by atoms with van der Waals surface area (Å²) in [5.74, 6) is 1.17. The molecule has 0 unspecified atom stereocenters. The van der Waals surface area contributed by atoms with Crippen molar-refractivity contribution < 1.29 is 22.7 Å². The Labute approximate surface area is 131 Å². The summed E-state index contributed by atoms with van der Waals surface area (Å²) < 4.78 is 35.2. The molecule has 1 amide bonds. The van der Waals surface area contributed by atoms with E-state index in [9.17, 15) is 13.2 Å². The molecule has 0 spiro atoms. The highest BCUT2D eigenvalue weighted by atomic mass is 32.2. The highest BCUT2D eigenvalue weighted by molar-refractivity contribution is 7.88. The molecule has 0 aliphatic carbocycles. The maximum atomic E-state index is 11.7. The van der Waals surface area contributed by atoms with E-state index in [-0.39, 0.29) is 32.1 Å². The molecule has 0 heterocycles. The summed E-state index contributed by atoms with van der Waals surface area (Å²) in [4.78, 5) is 10.8. The number of hydrogen-bond acceptors (Lipinski definition) is 5. The fourth-order valence-corrected chi connectivity index (χ4v) is 2.57. The summed E-state index contributed by atoms with van der Waals surface area (Å²) in [6.07, 6.45) is 1.13. The van der Waals surface area contributed by atoms with E-state index >= 15 is 0 Å². The molecule has 7 nitrogen and oxygen atoms in total. The van der Waals surface area contributed by atoms with E-state index in [0.717, 1.165) is 12.0 Å². The molecular weight excluding hydrogens is 308 g/mol. The van der Waals surface area contributed by atoms with E-state index in [1.54, 1.807) is 31.4 Å². The van der Waals surface area contributed by atoms with Crippen molar-refractivity contribution in [2.45, 2.75) is 6.92 Å². The third-order valence-corrected chi connectivity index (χ3v) is 4.18. The summed E-state index contributed by atoms with van der Waals surface area (Å²) in [5.41, 5.74) is 0. The molecule has 8 heteroatoms. The summed E-state index contributed by atoms with van der Waals surface area (Å²) in [5, 5.41) is 2.57. The second-order valence-electron chi connectivity index (χ2n) is 4.67. The first-order valence-electron chi connectivity index (χ1n) is 6.79. The lowest BCUT2D eigenvalue weighted by atomic mass is 10.3. The number of sulfonamides is 1. The fraction of sp³-hybridized carbons (Fsp3) is 0.500. The maximum Gasteiger partial charge on any atom is 0.216 e. The van der Waals surface area contributed by atoms with Gasteiger partial charge in [0.25, 0.3) is 0 Å². The van der Waals surface area contributed by atoms with Crippen molar-refractivity contribution in [2.75, 3.05) is 39.6 Å². The largest absolute Gasteiger partial charge is 0.497 e. The topological polar surface area (TPSA) is 84.9 Å². The molecule has 1 N–H and O–H groups in total. The first-order chi connectivity index (χ1) is 10.3. The van der Waals surface area contributed by atoms with Crippen LogP contribution in [0.1, 0.15) is 6.92 Å². The van der Waals surface area contributed by atoms with Gasteiger partial charge in [-0.05, 0) is 24.3 Å². The van der Waals surface area contributed by atoms with Gasteiger partial charge in [0.2, 0.25) is 15.9 Å². The van der Waals surface area contributed by atoms with E-state index < -0.39 is 10.0 Å². The van der Waals surface area contributed by atoms with E-state index in [1.807, 2.05) is 0 Å². The molecule has 22 heavy (non-hydrogen) atoms. The molecule has 0 atom stereocenters. The highest BCUT2D eigenvalue weighted by Crippen LogP contribution is 2.16. The number of carbonyl (C=O) groups is 1. The van der Waals surface area contributed by atoms with Crippen molar-refractivity contribution in [3.63, 3.8) is 0 Å². The Morgan fingerprint density at radius 3 is 2.27 bits per heavy atom. The Bertz CT molecular complexity index is 571. The van der Waals surface area contributed by atoms with Crippen LogP contribution in [-0.4, -0.2) is 58.2 Å². The van der Waals surface area contributed by atoms with Gasteiger partial charge >= 0.3 is 0 Å². The molecule has 0 saturated carbocycles. The fourth-order valence-electron chi connectivity index (χ4n) is 1.74. The van der Waals surface area contributed by atoms with Crippen LogP contribution in [0.25, 0.3) is 0 Å². The molecule has 0 aliphatic heterocycles. The maximum absolute atomic E-state index is 11.7. The van der Waals surface area contributed by atoms with Crippen molar-refractivity contribution >= 4 is 15.9 Å². The molecule has 0 aliphatic rings. The zero-order valence-electron chi connectivity index (χ0n) is 13.0. The summed E-state index contributed by atoms with van der Waals surface area (Å²) in [6.45, 7) is 2.30. The smallest absolute Gasteiger partial charge is 0.216 e. The van der Waals surface area contributed by atoms with E-state index in [4.69, 9.17) is 9.47 Å². The van der Waals surface area contributed by atoms with E-state index in [0.29, 0.717) is 5.75 Å². The minimum Gasteiger partial charge on any atom is -0.497 e. The standard InChI is InChI=1S/C14H22N2O5S/c1-12(17)15-8-9-16(22(3,18)19)10-11-21-14-6-4-13(20-2)5-7-14/h4-7H,8-11H2,1-3H3,(H,15,17). The second-order valence-corrected chi connectivity index (χ2v) is 6.65. The van der Waals surface area contributed by atoms with E-state index in [1.165, 1.54) is 11.2 Å². The minimum atomic E-state index is -3.35. The van der Waals surface area contributed by atoms with Gasteiger partial charge in [-0.1, -0.05) is 0 Å². The quantitative estimate of drug-likeness (QED) is 0.711. The number of ether oxygens (including phenoxy) is 2. The Morgan fingerprint density at radius 1 is 1.18 bits per heavy atom. The van der Waals surface area contributed by atoms with Crippen molar-refractivity contribution in [3.05, 3.63) is 24.3 Å². The summed E-state index contributed by atoms with van der Waals surface area (Å²) >= 11 is 0. The van der Waals surface area contributed by atoms with Crippen molar-refractivity contribution in [2.24, 2.45) is 0 Å². The Kier molecular flexibility index (Phi) is 7.13. The Morgan fingerprint density at radius 2 is 1.77 bits per heavy atom. The number of rotatable bonds is 9. The number of carbonyl (C=O) groups excluding carboxylic acids is 1. The van der Waals surface area contributed by atoms with Gasteiger partial charge in [0.1, 0.15) is 18.1 Å². The van der Waals surface area contributed by atoms with Crippen LogP contribution in [0.4, 0.5) is 0 Å². The molecule has 1 aromatic carbocycles. The first-order valence-corrected chi connectivity index (χ1v) is 8.64. The third kappa shape index (κ3) is 6.77. The van der Waals surface area contributed by atoms with Crippen molar-refractivity contribution in [1.82, 2.24) is 9.62 Å². The summed E-state index contributed by atoms with van der Waals surface area (Å²) in [6, 6.07) is 7.03. The molecular formula is C14H22N2O5S. The van der Waals surface area contributed by atoms with E-state index in [2.05, 4.69) is 5.32 Å². The zero-order valence-corrected chi connectivity index (χ0v) is 13.9. The van der Waals surface area contributed by atoms with Gasteiger partial charge in [-0.15, -0.1) is 0 Å². The highest BCUT2D eigenvalue weighted by Gasteiger charge is 2.16. The van der Waals surface area contributed by atoms with Gasteiger partial charge in [0, 0.05) is 26.6 Å². The molecule has 0 aromatic heterocycles. The van der Waals surface area contributed by atoms with Crippen LogP contribution in [-0.2, 0) is 14.8 Å². The van der Waals surface area contributed by atoms with Crippen LogP contribution in [0.5, 0.6) is 11.5 Å². The summed E-state index contributed by atoms with van der Waals surface area (Å²) in [7, 11) is -1.77. The van der Waals surface area contributed by atoms with Gasteiger partial charge in [0.05, 0.1) is 13.4 Å². The molecule has 0 saturated heterocycles. The predicted molar refractivity (Wildman–Crippen MR) is 83.6 cm³/mol. The molecule has 1 aromatic rings. The van der Waals surface area contributed by atoms with Gasteiger partial charge in [-0.25, -0.2) is 8.42 Å². The number of amides is 1. The van der Waals surface area contributed by atoms with Gasteiger partial charge in [0.15, 0.2) is 0 Å². The average Bonchev–Trinajstić information content (AvgIpc) is 2.45. The molecule has 0 radical (unpaired) electrons.